The summed E-state index contributed by atoms with van der Waals surface area (Å²) in [6.45, 7) is 7.75. The number of pyridine rings is 2. The van der Waals surface area contributed by atoms with Gasteiger partial charge in [0.2, 0.25) is 5.71 Å². The summed E-state index contributed by atoms with van der Waals surface area (Å²) >= 11 is 0. The Morgan fingerprint density at radius 3 is 2.59 bits per heavy atom. The normalized spacial score (nSPS) is 17.2. The van der Waals surface area contributed by atoms with Gasteiger partial charge in [0, 0.05) is 44.2 Å². The van der Waals surface area contributed by atoms with E-state index in [4.69, 9.17) is 16.3 Å². The Bertz CT molecular complexity index is 2590. The van der Waals surface area contributed by atoms with Gasteiger partial charge in [0.15, 0.2) is 0 Å². The molecule has 9 rings (SSSR count). The predicted molar refractivity (Wildman–Crippen MR) is 205 cm³/mol. The second-order valence-electron chi connectivity index (χ2n) is 15.0. The van der Waals surface area contributed by atoms with Crippen LogP contribution in [0.1, 0.15) is 95.5 Å². The van der Waals surface area contributed by atoms with Crippen LogP contribution in [-0.2, 0) is 32.0 Å². The monoisotopic (exact) mass is 854 g/mol. The maximum atomic E-state index is 8.55. The molecule has 3 aromatic carbocycles. The maximum absolute atomic E-state index is 8.55. The summed E-state index contributed by atoms with van der Waals surface area (Å²) in [6.07, 6.45) is 9.97. The van der Waals surface area contributed by atoms with Gasteiger partial charge in [-0.05, 0) is 98.4 Å². The van der Waals surface area contributed by atoms with E-state index in [1.807, 2.05) is 39.0 Å². The summed E-state index contributed by atoms with van der Waals surface area (Å²) in [5.74, 6) is 1.73. The fourth-order valence-corrected chi connectivity index (χ4v) is 7.42. The Kier molecular flexibility index (Phi) is 7.81. The standard InChI is InChI=1S/C23H23N2.C22H21N2O.Ir/c1-23(2)13-12-18-14-19(16-8-6-7-9-16)15-20-21(18)25(23)22(24-20)17-10-4-3-5-11-17;1-14-8-9-17-16-6-5-7-18(20(16)25-21(17)24-14)19-12-15(10-11-23-19)13-22(2,3)4;/h3-5,10,12-16H,6-9H2,1-2H3;5-6,8-12H,13H2,1-4H3;/q2*-1;/i;1D3,13D2;. The van der Waals surface area contributed by atoms with Gasteiger partial charge in [0.1, 0.15) is 0 Å². The van der Waals surface area contributed by atoms with Crippen molar-refractivity contribution in [3.63, 3.8) is 0 Å². The fraction of sp³-hybridized carbons (Fsp3) is 0.311. The molecule has 7 aromatic rings. The molecule has 0 N–H and O–H groups in total. The molecule has 4 aromatic heterocycles. The number of hydrogen-bond donors (Lipinski definition) is 0. The first kappa shape index (κ1) is 29.2. The summed E-state index contributed by atoms with van der Waals surface area (Å²) < 4.78 is 48.1. The second-order valence-corrected chi connectivity index (χ2v) is 15.0. The first-order valence-corrected chi connectivity index (χ1v) is 17.5. The number of hydrogen-bond acceptors (Lipinski definition) is 4. The largest absolute Gasteiger partial charge is 0.486 e. The van der Waals surface area contributed by atoms with Gasteiger partial charge in [-0.3, -0.25) is 4.98 Å². The number of rotatable bonds is 4. The molecule has 1 aliphatic carbocycles. The number of furan rings is 1. The fourth-order valence-electron chi connectivity index (χ4n) is 7.42. The first-order valence-electron chi connectivity index (χ1n) is 20.0. The third kappa shape index (κ3) is 6.84. The van der Waals surface area contributed by atoms with Crippen LogP contribution in [0, 0.1) is 24.4 Å². The molecule has 51 heavy (non-hydrogen) atoms. The minimum absolute atomic E-state index is 0. The number of aryl methyl sites for hydroxylation is 1. The molecule has 1 radical (unpaired) electrons. The van der Waals surface area contributed by atoms with Gasteiger partial charge >= 0.3 is 0 Å². The maximum Gasteiger partial charge on any atom is 0.216 e. The molecule has 2 aliphatic rings. The van der Waals surface area contributed by atoms with E-state index in [0.717, 1.165) is 22.3 Å². The molecule has 0 unspecified atom stereocenters. The van der Waals surface area contributed by atoms with Crippen LogP contribution >= 0.6 is 0 Å². The number of nitrogens with zero attached hydrogens (tertiary/aromatic N) is 4. The Balaban J connectivity index is 0.000000171. The minimum atomic E-state index is -2.32. The van der Waals surface area contributed by atoms with Gasteiger partial charge in [0.05, 0.1) is 28.0 Å². The van der Waals surface area contributed by atoms with E-state index < -0.39 is 18.6 Å². The third-order valence-corrected chi connectivity index (χ3v) is 9.66. The van der Waals surface area contributed by atoms with Crippen LogP contribution in [0.5, 0.6) is 0 Å². The van der Waals surface area contributed by atoms with Crippen LogP contribution in [-0.4, -0.2) is 19.5 Å². The van der Waals surface area contributed by atoms with Crippen molar-refractivity contribution in [1.29, 1.82) is 0 Å². The molecule has 261 valence electrons. The molecule has 0 saturated heterocycles. The molecule has 6 heteroatoms. The van der Waals surface area contributed by atoms with E-state index in [9.17, 15) is 0 Å². The number of allylic oxidation sites excluding steroid dienone is 1. The zero-order valence-electron chi connectivity index (χ0n) is 34.6. The van der Waals surface area contributed by atoms with Gasteiger partial charge in [-0.2, -0.15) is 0 Å². The quantitative estimate of drug-likeness (QED) is 0.166. The zero-order chi connectivity index (χ0) is 38.9. The molecule has 1 fully saturated rings. The van der Waals surface area contributed by atoms with E-state index in [0.29, 0.717) is 33.7 Å². The second kappa shape index (κ2) is 13.6. The molecule has 5 nitrogen and oxygen atoms in total. The zero-order valence-corrected chi connectivity index (χ0v) is 32.0. The minimum Gasteiger partial charge on any atom is -0.486 e. The molecule has 0 amide bonds. The molecule has 0 atom stereocenters. The number of benzene rings is 3. The molecule has 1 aliphatic heterocycles. The van der Waals surface area contributed by atoms with Crippen molar-refractivity contribution in [3.05, 3.63) is 120 Å². The Morgan fingerprint density at radius 1 is 0.980 bits per heavy atom. The van der Waals surface area contributed by atoms with E-state index in [1.165, 1.54) is 48.4 Å². The van der Waals surface area contributed by atoms with Crippen molar-refractivity contribution >= 4 is 39.2 Å². The number of imidazole rings is 1. The van der Waals surface area contributed by atoms with Crippen molar-refractivity contribution in [2.24, 2.45) is 5.41 Å². The summed E-state index contributed by atoms with van der Waals surface area (Å²) in [7, 11) is 0. The summed E-state index contributed by atoms with van der Waals surface area (Å²) in [5.41, 5.74) is 7.87. The van der Waals surface area contributed by atoms with Crippen molar-refractivity contribution in [3.8, 4) is 22.6 Å². The van der Waals surface area contributed by atoms with Crippen LogP contribution in [0.15, 0.2) is 89.5 Å². The van der Waals surface area contributed by atoms with Crippen LogP contribution < -0.4 is 0 Å². The van der Waals surface area contributed by atoms with Crippen molar-refractivity contribution < 1.29 is 31.4 Å². The Hall–Kier alpha value is -4.38. The predicted octanol–water partition coefficient (Wildman–Crippen LogP) is 11.7. The van der Waals surface area contributed by atoms with E-state index in [2.05, 4.69) is 76.9 Å². The molecule has 0 spiro atoms. The van der Waals surface area contributed by atoms with Gasteiger partial charge < -0.3 is 14.0 Å². The van der Waals surface area contributed by atoms with Gasteiger partial charge in [0.25, 0.3) is 0 Å². The van der Waals surface area contributed by atoms with Crippen LogP contribution in [0.3, 0.4) is 0 Å². The van der Waals surface area contributed by atoms with Crippen molar-refractivity contribution in [2.45, 2.75) is 85.0 Å². The molecular formula is C45H44IrN4O-2. The van der Waals surface area contributed by atoms with Crippen molar-refractivity contribution in [2.75, 3.05) is 0 Å². The van der Waals surface area contributed by atoms with Crippen LogP contribution in [0.25, 0.3) is 61.8 Å². The Labute approximate surface area is 321 Å². The number of aromatic nitrogens is 4. The topological polar surface area (TPSA) is 56.7 Å². The molecule has 5 heterocycles. The number of fused-ring (bicyclic) bond motifs is 3. The van der Waals surface area contributed by atoms with E-state index >= 15 is 0 Å². The van der Waals surface area contributed by atoms with Gasteiger partial charge in [-0.15, -0.1) is 54.1 Å². The SMILES string of the molecule is CC1(C)C=Cc2cc(C3CCCC3)cc3nc(-c4[c-]cccc4)n1c23.[2H]C([2H])([2H])c1ccc2c(n1)oc1c(-c3cc(C([2H])([2H])C(C)(C)C)ccn3)[c-]ccc12.[Ir]. The van der Waals surface area contributed by atoms with E-state index in [1.54, 1.807) is 30.5 Å². The van der Waals surface area contributed by atoms with Crippen LogP contribution in [0.4, 0.5) is 0 Å². The average Bonchev–Trinajstić information content (AvgIpc) is 3.91. The average molecular weight is 854 g/mol. The third-order valence-electron chi connectivity index (χ3n) is 9.66. The van der Waals surface area contributed by atoms with E-state index in [-0.39, 0.29) is 37.1 Å². The molecular weight excluding hydrogens is 805 g/mol. The Morgan fingerprint density at radius 2 is 1.82 bits per heavy atom. The molecule has 1 saturated carbocycles. The summed E-state index contributed by atoms with van der Waals surface area (Å²) in [6, 6.07) is 29.5. The first-order chi connectivity index (χ1) is 26.0. The summed E-state index contributed by atoms with van der Waals surface area (Å²) in [4.78, 5) is 13.7. The molecule has 0 bridgehead atoms. The van der Waals surface area contributed by atoms with Gasteiger partial charge in [-0.1, -0.05) is 68.3 Å². The summed E-state index contributed by atoms with van der Waals surface area (Å²) in [5, 5.41) is 1.48. The van der Waals surface area contributed by atoms with Crippen molar-refractivity contribution in [1.82, 2.24) is 19.5 Å². The van der Waals surface area contributed by atoms with Crippen LogP contribution in [0.2, 0.25) is 0 Å². The van der Waals surface area contributed by atoms with Gasteiger partial charge in [-0.25, -0.2) is 4.98 Å². The smallest absolute Gasteiger partial charge is 0.216 e.